The minimum absolute atomic E-state index is 0.239. The van der Waals surface area contributed by atoms with E-state index < -0.39 is 10.0 Å². The summed E-state index contributed by atoms with van der Waals surface area (Å²) < 4.78 is 28.8. The molecule has 1 N–H and O–H groups in total. The molecule has 20 heavy (non-hydrogen) atoms. The third-order valence-corrected chi connectivity index (χ3v) is 5.22. The van der Waals surface area contributed by atoms with Crippen LogP contribution in [0.3, 0.4) is 0 Å². The molecule has 0 radical (unpaired) electrons. The van der Waals surface area contributed by atoms with Crippen molar-refractivity contribution in [3.63, 3.8) is 0 Å². The average molecular weight is 301 g/mol. The van der Waals surface area contributed by atoms with E-state index in [1.54, 1.807) is 12.3 Å². The van der Waals surface area contributed by atoms with Crippen molar-refractivity contribution in [1.82, 2.24) is 14.2 Å². The maximum Gasteiger partial charge on any atom is 0.244 e. The van der Waals surface area contributed by atoms with E-state index in [-0.39, 0.29) is 6.04 Å². The standard InChI is InChI=1S/C14H27N3O2S/c1-6-8-16(7-2)20(18,19)14-9-13(10-15-5)17(11-14)12(3)4/h9,11-12,15H,6-8,10H2,1-5H3. The quantitative estimate of drug-likeness (QED) is 0.801. The molecule has 0 aliphatic rings. The fourth-order valence-corrected chi connectivity index (χ4v) is 3.88. The number of nitrogens with zero attached hydrogens (tertiary/aromatic N) is 2. The second kappa shape index (κ2) is 7.24. The fraction of sp³-hybridized carbons (Fsp3) is 0.714. The second-order valence-corrected chi connectivity index (χ2v) is 7.13. The molecule has 5 nitrogen and oxygen atoms in total. The molecule has 1 heterocycles. The van der Waals surface area contributed by atoms with Gasteiger partial charge in [-0.2, -0.15) is 4.31 Å². The Bertz CT molecular complexity index is 521. The maximum atomic E-state index is 12.6. The van der Waals surface area contributed by atoms with Crippen LogP contribution in [0.5, 0.6) is 0 Å². The summed E-state index contributed by atoms with van der Waals surface area (Å²) in [7, 11) is -1.52. The molecule has 0 aromatic carbocycles. The predicted octanol–water partition coefficient (Wildman–Crippen LogP) is 2.21. The van der Waals surface area contributed by atoms with Gasteiger partial charge in [-0.05, 0) is 33.4 Å². The van der Waals surface area contributed by atoms with Gasteiger partial charge in [0.25, 0.3) is 0 Å². The molecule has 1 aromatic heterocycles. The van der Waals surface area contributed by atoms with Gasteiger partial charge in [-0.3, -0.25) is 0 Å². The number of sulfonamides is 1. The molecule has 6 heteroatoms. The molecule has 0 unspecified atom stereocenters. The lowest BCUT2D eigenvalue weighted by Gasteiger charge is -2.18. The highest BCUT2D eigenvalue weighted by atomic mass is 32.2. The summed E-state index contributed by atoms with van der Waals surface area (Å²) >= 11 is 0. The van der Waals surface area contributed by atoms with Gasteiger partial charge in [0.2, 0.25) is 10.0 Å². The van der Waals surface area contributed by atoms with Crippen LogP contribution in [0, 0.1) is 0 Å². The van der Waals surface area contributed by atoms with E-state index in [0.29, 0.717) is 24.5 Å². The van der Waals surface area contributed by atoms with Gasteiger partial charge in [-0.1, -0.05) is 13.8 Å². The minimum atomic E-state index is -3.38. The number of hydrogen-bond acceptors (Lipinski definition) is 3. The molecule has 0 aliphatic carbocycles. The summed E-state index contributed by atoms with van der Waals surface area (Å²) in [6.07, 6.45) is 2.58. The van der Waals surface area contributed by atoms with E-state index in [0.717, 1.165) is 12.1 Å². The van der Waals surface area contributed by atoms with Crippen LogP contribution in [0.25, 0.3) is 0 Å². The van der Waals surface area contributed by atoms with Crippen molar-refractivity contribution in [2.24, 2.45) is 0 Å². The van der Waals surface area contributed by atoms with Gasteiger partial charge < -0.3 is 9.88 Å². The van der Waals surface area contributed by atoms with Gasteiger partial charge in [-0.25, -0.2) is 8.42 Å². The van der Waals surface area contributed by atoms with Crippen molar-refractivity contribution in [3.8, 4) is 0 Å². The molecule has 0 atom stereocenters. The molecule has 0 aliphatic heterocycles. The van der Waals surface area contributed by atoms with Crippen LogP contribution in [0.1, 0.15) is 45.9 Å². The zero-order valence-corrected chi connectivity index (χ0v) is 14.0. The topological polar surface area (TPSA) is 54.3 Å². The van der Waals surface area contributed by atoms with Crippen LogP contribution in [0.4, 0.5) is 0 Å². The van der Waals surface area contributed by atoms with E-state index in [1.807, 2.05) is 25.5 Å². The number of hydrogen-bond donors (Lipinski definition) is 1. The first-order valence-corrected chi connectivity index (χ1v) is 8.67. The lowest BCUT2D eigenvalue weighted by Crippen LogP contribution is -2.31. The van der Waals surface area contributed by atoms with E-state index in [9.17, 15) is 8.42 Å². The third-order valence-electron chi connectivity index (χ3n) is 3.28. The third kappa shape index (κ3) is 3.62. The van der Waals surface area contributed by atoms with Crippen LogP contribution in [0.15, 0.2) is 17.2 Å². The lowest BCUT2D eigenvalue weighted by atomic mass is 10.3. The first kappa shape index (κ1) is 17.2. The van der Waals surface area contributed by atoms with Gasteiger partial charge >= 0.3 is 0 Å². The van der Waals surface area contributed by atoms with Crippen molar-refractivity contribution in [3.05, 3.63) is 18.0 Å². The van der Waals surface area contributed by atoms with Crippen molar-refractivity contribution in [2.75, 3.05) is 20.1 Å². The van der Waals surface area contributed by atoms with E-state index >= 15 is 0 Å². The Morgan fingerprint density at radius 3 is 2.45 bits per heavy atom. The largest absolute Gasteiger partial charge is 0.346 e. The molecule has 0 saturated heterocycles. The SMILES string of the molecule is CCCN(CC)S(=O)(=O)c1cc(CNC)n(C(C)C)c1. The molecule has 0 saturated carbocycles. The number of aromatic nitrogens is 1. The monoisotopic (exact) mass is 301 g/mol. The molecule has 0 spiro atoms. The molecular formula is C14H27N3O2S. The van der Waals surface area contributed by atoms with Crippen molar-refractivity contribution in [1.29, 1.82) is 0 Å². The van der Waals surface area contributed by atoms with Crippen LogP contribution < -0.4 is 5.32 Å². The molecule has 0 bridgehead atoms. The van der Waals surface area contributed by atoms with Gasteiger partial charge in [0, 0.05) is 37.6 Å². The molecular weight excluding hydrogens is 274 g/mol. The summed E-state index contributed by atoms with van der Waals surface area (Å²) in [5, 5.41) is 3.08. The summed E-state index contributed by atoms with van der Waals surface area (Å²) in [6, 6.07) is 2.02. The summed E-state index contributed by atoms with van der Waals surface area (Å²) in [5.74, 6) is 0. The van der Waals surface area contributed by atoms with Crippen molar-refractivity contribution < 1.29 is 8.42 Å². The maximum absolute atomic E-state index is 12.6. The zero-order valence-electron chi connectivity index (χ0n) is 13.2. The van der Waals surface area contributed by atoms with Crippen LogP contribution in [0.2, 0.25) is 0 Å². The Balaban J connectivity index is 3.21. The predicted molar refractivity (Wildman–Crippen MR) is 82.3 cm³/mol. The highest BCUT2D eigenvalue weighted by molar-refractivity contribution is 7.89. The van der Waals surface area contributed by atoms with Gasteiger partial charge in [-0.15, -0.1) is 0 Å². The van der Waals surface area contributed by atoms with Crippen LogP contribution in [-0.4, -0.2) is 37.4 Å². The number of rotatable bonds is 8. The molecule has 116 valence electrons. The average Bonchev–Trinajstić information content (AvgIpc) is 2.81. The highest BCUT2D eigenvalue weighted by Gasteiger charge is 2.25. The molecule has 1 aromatic rings. The zero-order chi connectivity index (χ0) is 15.3. The fourth-order valence-electron chi connectivity index (χ4n) is 2.29. The van der Waals surface area contributed by atoms with E-state index in [1.165, 1.54) is 4.31 Å². The molecule has 1 rings (SSSR count). The van der Waals surface area contributed by atoms with E-state index in [4.69, 9.17) is 0 Å². The second-order valence-electron chi connectivity index (χ2n) is 5.20. The summed E-state index contributed by atoms with van der Waals surface area (Å²) in [6.45, 7) is 9.70. The Morgan fingerprint density at radius 1 is 1.35 bits per heavy atom. The molecule has 0 amide bonds. The Morgan fingerprint density at radius 2 is 2.00 bits per heavy atom. The van der Waals surface area contributed by atoms with Gasteiger partial charge in [0.05, 0.1) is 0 Å². The Labute approximate surface area is 123 Å². The summed E-state index contributed by atoms with van der Waals surface area (Å²) in [4.78, 5) is 0.395. The molecule has 0 fully saturated rings. The number of nitrogens with one attached hydrogen (secondary N) is 1. The van der Waals surface area contributed by atoms with Crippen molar-refractivity contribution in [2.45, 2.75) is 51.6 Å². The Hall–Kier alpha value is -0.850. The first-order valence-electron chi connectivity index (χ1n) is 7.23. The minimum Gasteiger partial charge on any atom is -0.346 e. The summed E-state index contributed by atoms with van der Waals surface area (Å²) in [5.41, 5.74) is 0.994. The van der Waals surface area contributed by atoms with Gasteiger partial charge in [0.1, 0.15) is 4.90 Å². The smallest absolute Gasteiger partial charge is 0.244 e. The van der Waals surface area contributed by atoms with Crippen LogP contribution in [-0.2, 0) is 16.6 Å². The van der Waals surface area contributed by atoms with Gasteiger partial charge in [0.15, 0.2) is 0 Å². The lowest BCUT2D eigenvalue weighted by molar-refractivity contribution is 0.427. The highest BCUT2D eigenvalue weighted by Crippen LogP contribution is 2.22. The van der Waals surface area contributed by atoms with Crippen LogP contribution >= 0.6 is 0 Å². The normalized spacial score (nSPS) is 12.6. The first-order chi connectivity index (χ1) is 9.38. The van der Waals surface area contributed by atoms with Crippen molar-refractivity contribution >= 4 is 10.0 Å². The Kier molecular flexibility index (Phi) is 6.23. The van der Waals surface area contributed by atoms with E-state index in [2.05, 4.69) is 19.2 Å².